The van der Waals surface area contributed by atoms with E-state index in [2.05, 4.69) is 20.2 Å². The van der Waals surface area contributed by atoms with E-state index in [1.54, 1.807) is 6.33 Å². The van der Waals surface area contributed by atoms with Gasteiger partial charge in [0, 0.05) is 31.1 Å². The molecule has 0 aromatic carbocycles. The van der Waals surface area contributed by atoms with Gasteiger partial charge in [0.1, 0.15) is 18.0 Å². The maximum absolute atomic E-state index is 9.95. The molecule has 6 heteroatoms. The van der Waals surface area contributed by atoms with Crippen molar-refractivity contribution in [1.29, 1.82) is 0 Å². The van der Waals surface area contributed by atoms with E-state index in [0.29, 0.717) is 6.54 Å². The number of hydrogen-bond acceptors (Lipinski definition) is 6. The van der Waals surface area contributed by atoms with Gasteiger partial charge in [-0.25, -0.2) is 9.97 Å². The fourth-order valence-electron chi connectivity index (χ4n) is 3.50. The minimum atomic E-state index is 0.0308. The zero-order valence-corrected chi connectivity index (χ0v) is 13.0. The normalized spacial score (nSPS) is 25.3. The zero-order chi connectivity index (χ0) is 15.4. The quantitative estimate of drug-likeness (QED) is 0.703. The molecular formula is C16H26N4O2. The minimum absolute atomic E-state index is 0.0308. The Labute approximate surface area is 131 Å². The van der Waals surface area contributed by atoms with Crippen LogP contribution in [0.5, 0.6) is 0 Å². The third kappa shape index (κ3) is 3.67. The Balaban J connectivity index is 1.70. The number of aromatic nitrogens is 2. The molecule has 1 saturated heterocycles. The highest BCUT2D eigenvalue weighted by Crippen LogP contribution is 2.44. The van der Waals surface area contributed by atoms with E-state index < -0.39 is 0 Å². The molecule has 2 aliphatic rings. The lowest BCUT2D eigenvalue weighted by Crippen LogP contribution is -2.46. The van der Waals surface area contributed by atoms with Crippen molar-refractivity contribution in [2.75, 3.05) is 43.1 Å². The number of nitrogens with one attached hydrogen (secondary N) is 1. The second kappa shape index (κ2) is 6.79. The van der Waals surface area contributed by atoms with Gasteiger partial charge in [-0.05, 0) is 25.2 Å². The van der Waals surface area contributed by atoms with Crippen LogP contribution in [0, 0.1) is 11.3 Å². The Kier molecular flexibility index (Phi) is 4.78. The molecular weight excluding hydrogens is 280 g/mol. The largest absolute Gasteiger partial charge is 0.396 e. The van der Waals surface area contributed by atoms with Gasteiger partial charge in [0.2, 0.25) is 0 Å². The van der Waals surface area contributed by atoms with E-state index in [0.717, 1.165) is 49.9 Å². The molecule has 3 rings (SSSR count). The van der Waals surface area contributed by atoms with Gasteiger partial charge in [-0.2, -0.15) is 0 Å². The predicted octanol–water partition coefficient (Wildman–Crippen LogP) is 1.26. The first kappa shape index (κ1) is 15.5. The van der Waals surface area contributed by atoms with Crippen molar-refractivity contribution in [1.82, 2.24) is 9.97 Å². The Morgan fingerprint density at radius 2 is 2.18 bits per heavy atom. The van der Waals surface area contributed by atoms with Gasteiger partial charge in [-0.15, -0.1) is 0 Å². The molecule has 1 atom stereocenters. The van der Waals surface area contributed by atoms with Crippen LogP contribution < -0.4 is 10.2 Å². The van der Waals surface area contributed by atoms with Crippen LogP contribution >= 0.6 is 0 Å². The van der Waals surface area contributed by atoms with Crippen LogP contribution in [-0.4, -0.2) is 53.0 Å². The van der Waals surface area contributed by atoms with Crippen LogP contribution in [-0.2, 0) is 0 Å². The first-order valence-corrected chi connectivity index (χ1v) is 8.27. The predicted molar refractivity (Wildman–Crippen MR) is 85.9 cm³/mol. The van der Waals surface area contributed by atoms with Gasteiger partial charge in [-0.1, -0.05) is 12.8 Å². The Hall–Kier alpha value is -1.40. The third-order valence-corrected chi connectivity index (χ3v) is 4.81. The molecule has 1 saturated carbocycles. The summed E-state index contributed by atoms with van der Waals surface area (Å²) in [6, 6.07) is 1.93. The van der Waals surface area contributed by atoms with Crippen LogP contribution in [0.15, 0.2) is 12.4 Å². The number of anilines is 2. The molecule has 0 spiro atoms. The topological polar surface area (TPSA) is 81.5 Å². The smallest absolute Gasteiger partial charge is 0.134 e. The van der Waals surface area contributed by atoms with Gasteiger partial charge < -0.3 is 20.4 Å². The molecule has 0 radical (unpaired) electrons. The minimum Gasteiger partial charge on any atom is -0.396 e. The molecule has 6 nitrogen and oxygen atoms in total. The van der Waals surface area contributed by atoms with E-state index in [1.165, 1.54) is 12.8 Å². The number of nitrogens with zero attached hydrogens (tertiary/aromatic N) is 3. The van der Waals surface area contributed by atoms with Crippen molar-refractivity contribution >= 4 is 11.6 Å². The summed E-state index contributed by atoms with van der Waals surface area (Å²) in [5.41, 5.74) is 0.0308. The maximum Gasteiger partial charge on any atom is 0.134 e. The van der Waals surface area contributed by atoms with Crippen molar-refractivity contribution in [3.63, 3.8) is 0 Å². The van der Waals surface area contributed by atoms with Crippen LogP contribution in [0.3, 0.4) is 0 Å². The Bertz CT molecular complexity index is 495. The van der Waals surface area contributed by atoms with Gasteiger partial charge in [-0.3, -0.25) is 0 Å². The van der Waals surface area contributed by atoms with Gasteiger partial charge in [0.15, 0.2) is 0 Å². The second-order valence-corrected chi connectivity index (χ2v) is 6.74. The number of hydrogen-bond donors (Lipinski definition) is 3. The van der Waals surface area contributed by atoms with Crippen LogP contribution in [0.25, 0.3) is 0 Å². The van der Waals surface area contributed by atoms with Gasteiger partial charge >= 0.3 is 0 Å². The van der Waals surface area contributed by atoms with E-state index in [1.807, 2.05) is 6.07 Å². The molecule has 0 amide bonds. The highest BCUT2D eigenvalue weighted by Gasteiger charge is 2.40. The average molecular weight is 306 g/mol. The van der Waals surface area contributed by atoms with E-state index in [4.69, 9.17) is 5.11 Å². The highest BCUT2D eigenvalue weighted by molar-refractivity contribution is 5.49. The monoisotopic (exact) mass is 306 g/mol. The zero-order valence-electron chi connectivity index (χ0n) is 13.0. The molecule has 2 heterocycles. The lowest BCUT2D eigenvalue weighted by molar-refractivity contribution is 0.0901. The summed E-state index contributed by atoms with van der Waals surface area (Å²) in [6.07, 6.45) is 7.55. The molecule has 2 fully saturated rings. The third-order valence-electron chi connectivity index (χ3n) is 4.81. The summed E-state index contributed by atoms with van der Waals surface area (Å²) in [5.74, 6) is 2.46. The molecule has 1 aliphatic carbocycles. The number of aliphatic hydroxyl groups is 2. The van der Waals surface area contributed by atoms with Crippen LogP contribution in [0.1, 0.15) is 32.1 Å². The molecule has 122 valence electrons. The summed E-state index contributed by atoms with van der Waals surface area (Å²) >= 11 is 0. The molecule has 1 aromatic rings. The first-order chi connectivity index (χ1) is 10.7. The molecule has 22 heavy (non-hydrogen) atoms. The summed E-state index contributed by atoms with van der Waals surface area (Å²) < 4.78 is 0. The number of piperidine rings is 1. The highest BCUT2D eigenvalue weighted by atomic mass is 16.3. The van der Waals surface area contributed by atoms with E-state index in [9.17, 15) is 5.11 Å². The molecule has 1 aromatic heterocycles. The van der Waals surface area contributed by atoms with Crippen LogP contribution in [0.2, 0.25) is 0 Å². The Morgan fingerprint density at radius 1 is 1.32 bits per heavy atom. The van der Waals surface area contributed by atoms with Crippen molar-refractivity contribution in [3.8, 4) is 0 Å². The average Bonchev–Trinajstić information content (AvgIpc) is 3.37. The molecule has 3 N–H and O–H groups in total. The lowest BCUT2D eigenvalue weighted by atomic mass is 9.76. The Morgan fingerprint density at radius 3 is 2.91 bits per heavy atom. The van der Waals surface area contributed by atoms with Crippen molar-refractivity contribution in [3.05, 3.63) is 12.4 Å². The first-order valence-electron chi connectivity index (χ1n) is 8.27. The summed E-state index contributed by atoms with van der Waals surface area (Å²) in [7, 11) is 0. The second-order valence-electron chi connectivity index (χ2n) is 6.74. The summed E-state index contributed by atoms with van der Waals surface area (Å²) in [6.45, 7) is 2.68. The lowest BCUT2D eigenvalue weighted by Gasteiger charge is -2.42. The van der Waals surface area contributed by atoms with Crippen molar-refractivity contribution < 1.29 is 10.2 Å². The fourth-order valence-corrected chi connectivity index (χ4v) is 3.50. The SMILES string of the molecule is OCCNc1cc(N2CCC[C@@](CO)(CC3CC3)C2)ncn1. The van der Waals surface area contributed by atoms with Gasteiger partial charge in [0.25, 0.3) is 0 Å². The molecule has 0 unspecified atom stereocenters. The van der Waals surface area contributed by atoms with E-state index >= 15 is 0 Å². The van der Waals surface area contributed by atoms with Crippen molar-refractivity contribution in [2.45, 2.75) is 32.1 Å². The number of rotatable bonds is 7. The van der Waals surface area contributed by atoms with Crippen LogP contribution in [0.4, 0.5) is 11.6 Å². The fraction of sp³-hybridized carbons (Fsp3) is 0.750. The van der Waals surface area contributed by atoms with Gasteiger partial charge in [0.05, 0.1) is 13.2 Å². The summed E-state index contributed by atoms with van der Waals surface area (Å²) in [5, 5.41) is 21.9. The summed E-state index contributed by atoms with van der Waals surface area (Å²) in [4.78, 5) is 10.8. The maximum atomic E-state index is 9.95. The number of aliphatic hydroxyl groups excluding tert-OH is 2. The standard InChI is InChI=1S/C16H26N4O2/c21-7-5-17-14-8-15(19-12-18-14)20-6-1-4-16(10-20,11-22)9-13-2-3-13/h8,12-13,21-22H,1-7,9-11H2,(H,17,18,19)/t16-/m1/s1. The van der Waals surface area contributed by atoms with Crippen molar-refractivity contribution in [2.24, 2.45) is 11.3 Å². The molecule has 0 bridgehead atoms. The van der Waals surface area contributed by atoms with E-state index in [-0.39, 0.29) is 18.6 Å². The molecule has 1 aliphatic heterocycles.